The van der Waals surface area contributed by atoms with E-state index in [0.29, 0.717) is 12.3 Å². The van der Waals surface area contributed by atoms with E-state index in [-0.39, 0.29) is 5.91 Å². The van der Waals surface area contributed by atoms with Crippen LogP contribution in [-0.2, 0) is 9.59 Å². The van der Waals surface area contributed by atoms with E-state index in [4.69, 9.17) is 9.84 Å². The van der Waals surface area contributed by atoms with E-state index in [1.54, 1.807) is 26.0 Å². The molecule has 2 N–H and O–H groups in total. The van der Waals surface area contributed by atoms with Gasteiger partial charge in [-0.25, -0.2) is 0 Å². The van der Waals surface area contributed by atoms with Crippen molar-refractivity contribution >= 4 is 17.6 Å². The summed E-state index contributed by atoms with van der Waals surface area (Å²) >= 11 is 0. The van der Waals surface area contributed by atoms with Gasteiger partial charge in [-0.05, 0) is 43.0 Å². The number of carbonyl (C=O) groups is 2. The zero-order valence-corrected chi connectivity index (χ0v) is 12.8. The van der Waals surface area contributed by atoms with Gasteiger partial charge in [0.1, 0.15) is 5.75 Å². The van der Waals surface area contributed by atoms with E-state index < -0.39 is 23.2 Å². The number of anilines is 1. The first-order valence-corrected chi connectivity index (χ1v) is 7.06. The fourth-order valence-electron chi connectivity index (χ4n) is 2.83. The van der Waals surface area contributed by atoms with Gasteiger partial charge >= 0.3 is 5.97 Å². The van der Waals surface area contributed by atoms with Crippen LogP contribution in [0.3, 0.4) is 0 Å². The first-order valence-electron chi connectivity index (χ1n) is 7.06. The lowest BCUT2D eigenvalue weighted by molar-refractivity contribution is -0.140. The smallest absolute Gasteiger partial charge is 0.307 e. The highest BCUT2D eigenvalue weighted by atomic mass is 16.5. The van der Waals surface area contributed by atoms with Gasteiger partial charge in [-0.2, -0.15) is 0 Å². The number of aliphatic carboxylic acids is 1. The lowest BCUT2D eigenvalue weighted by Crippen LogP contribution is -2.18. The first kappa shape index (κ1) is 15.4. The van der Waals surface area contributed by atoms with Crippen LogP contribution in [0.5, 0.6) is 5.75 Å². The second-order valence-electron chi connectivity index (χ2n) is 6.01. The molecule has 1 fully saturated rings. The molecule has 0 unspecified atom stereocenters. The Hall–Kier alpha value is -2.04. The van der Waals surface area contributed by atoms with Gasteiger partial charge in [-0.3, -0.25) is 9.59 Å². The topological polar surface area (TPSA) is 75.6 Å². The third-order valence-electron chi connectivity index (χ3n) is 4.14. The molecule has 2 atom stereocenters. The van der Waals surface area contributed by atoms with Crippen LogP contribution in [-0.4, -0.2) is 23.6 Å². The van der Waals surface area contributed by atoms with Gasteiger partial charge in [0.25, 0.3) is 0 Å². The zero-order valence-electron chi connectivity index (χ0n) is 12.8. The van der Waals surface area contributed by atoms with Gasteiger partial charge in [0.2, 0.25) is 5.91 Å². The van der Waals surface area contributed by atoms with E-state index in [1.807, 2.05) is 19.9 Å². The number of aryl methyl sites for hydroxylation is 1. The first-order chi connectivity index (χ1) is 9.78. The van der Waals surface area contributed by atoms with Crippen molar-refractivity contribution in [1.82, 2.24) is 0 Å². The maximum absolute atomic E-state index is 12.3. The van der Waals surface area contributed by atoms with Crippen LogP contribution in [0.25, 0.3) is 0 Å². The Kier molecular flexibility index (Phi) is 3.94. The van der Waals surface area contributed by atoms with E-state index in [2.05, 4.69) is 5.32 Å². The van der Waals surface area contributed by atoms with E-state index in [9.17, 15) is 9.59 Å². The Morgan fingerprint density at radius 1 is 1.33 bits per heavy atom. The van der Waals surface area contributed by atoms with Gasteiger partial charge in [0.05, 0.1) is 18.4 Å². The number of carboxylic acid groups (broad SMARTS) is 1. The molecule has 0 radical (unpaired) electrons. The molecule has 0 aliphatic heterocycles. The maximum Gasteiger partial charge on any atom is 0.307 e. The fraction of sp³-hybridized carbons (Fsp3) is 0.500. The van der Waals surface area contributed by atoms with Crippen LogP contribution >= 0.6 is 0 Å². The molecular formula is C16H21NO4. The molecule has 1 aromatic carbocycles. The average molecular weight is 291 g/mol. The summed E-state index contributed by atoms with van der Waals surface area (Å²) in [4.78, 5) is 23.4. The SMILES string of the molecule is CCOc1ccc(NC(=O)[C@@H]2[C@H](C(=O)O)C2(C)C)c(C)c1. The highest BCUT2D eigenvalue weighted by Crippen LogP contribution is 2.58. The quantitative estimate of drug-likeness (QED) is 0.874. The molecule has 0 saturated heterocycles. The summed E-state index contributed by atoms with van der Waals surface area (Å²) in [5.41, 5.74) is 1.09. The maximum atomic E-state index is 12.3. The molecule has 1 aromatic rings. The van der Waals surface area contributed by atoms with Gasteiger partial charge in [-0.15, -0.1) is 0 Å². The lowest BCUT2D eigenvalue weighted by atomic mass is 10.1. The van der Waals surface area contributed by atoms with Crippen LogP contribution in [0.1, 0.15) is 26.3 Å². The van der Waals surface area contributed by atoms with Gasteiger partial charge < -0.3 is 15.2 Å². The average Bonchev–Trinajstić information content (AvgIpc) is 2.96. The Labute approximate surface area is 124 Å². The minimum absolute atomic E-state index is 0.236. The predicted octanol–water partition coefficient (Wildman–Crippen LogP) is 2.69. The molecular weight excluding hydrogens is 270 g/mol. The summed E-state index contributed by atoms with van der Waals surface area (Å²) in [5, 5.41) is 12.0. The third-order valence-corrected chi connectivity index (χ3v) is 4.14. The zero-order chi connectivity index (χ0) is 15.8. The molecule has 5 nitrogen and oxygen atoms in total. The number of nitrogens with one attached hydrogen (secondary N) is 1. The van der Waals surface area contributed by atoms with Crippen molar-refractivity contribution in [2.75, 3.05) is 11.9 Å². The number of hydrogen-bond acceptors (Lipinski definition) is 3. The molecule has 2 rings (SSSR count). The minimum atomic E-state index is -0.913. The van der Waals surface area contributed by atoms with E-state index in [0.717, 1.165) is 11.3 Å². The van der Waals surface area contributed by atoms with Crippen molar-refractivity contribution in [3.8, 4) is 5.75 Å². The van der Waals surface area contributed by atoms with Crippen molar-refractivity contribution in [2.45, 2.75) is 27.7 Å². The largest absolute Gasteiger partial charge is 0.494 e. The van der Waals surface area contributed by atoms with E-state index in [1.165, 1.54) is 0 Å². The molecule has 0 aromatic heterocycles. The molecule has 5 heteroatoms. The molecule has 21 heavy (non-hydrogen) atoms. The molecule has 114 valence electrons. The standard InChI is InChI=1S/C16H21NO4/c1-5-21-10-6-7-11(9(2)8-10)17-14(18)12-13(15(19)20)16(12,3)4/h6-8,12-13H,5H2,1-4H3,(H,17,18)(H,19,20)/t12-,13+/m0/s1. The lowest BCUT2D eigenvalue weighted by Gasteiger charge is -2.11. The highest BCUT2D eigenvalue weighted by Gasteiger charge is 2.65. The number of ether oxygens (including phenoxy) is 1. The van der Waals surface area contributed by atoms with Crippen LogP contribution < -0.4 is 10.1 Å². The summed E-state index contributed by atoms with van der Waals surface area (Å²) in [6.45, 7) is 7.99. The number of carboxylic acids is 1. The molecule has 0 bridgehead atoms. The summed E-state index contributed by atoms with van der Waals surface area (Å²) in [5.74, 6) is -1.49. The Morgan fingerprint density at radius 3 is 2.48 bits per heavy atom. The van der Waals surface area contributed by atoms with Crippen molar-refractivity contribution < 1.29 is 19.4 Å². The van der Waals surface area contributed by atoms with Crippen molar-refractivity contribution in [3.05, 3.63) is 23.8 Å². The monoisotopic (exact) mass is 291 g/mol. The number of hydrogen-bond donors (Lipinski definition) is 2. The number of rotatable bonds is 5. The van der Waals surface area contributed by atoms with Gasteiger partial charge in [0, 0.05) is 5.69 Å². The van der Waals surface area contributed by atoms with Gasteiger partial charge in [-0.1, -0.05) is 13.8 Å². The molecule has 0 heterocycles. The normalized spacial score (nSPS) is 22.5. The minimum Gasteiger partial charge on any atom is -0.494 e. The summed E-state index contributed by atoms with van der Waals surface area (Å²) in [7, 11) is 0. The summed E-state index contributed by atoms with van der Waals surface area (Å²) in [6, 6.07) is 5.42. The Morgan fingerprint density at radius 2 is 2.00 bits per heavy atom. The number of amides is 1. The third kappa shape index (κ3) is 2.86. The molecule has 1 aliphatic rings. The Balaban J connectivity index is 2.09. The fourth-order valence-corrected chi connectivity index (χ4v) is 2.83. The van der Waals surface area contributed by atoms with Crippen LogP contribution in [0, 0.1) is 24.2 Å². The van der Waals surface area contributed by atoms with Crippen LogP contribution in [0.15, 0.2) is 18.2 Å². The second kappa shape index (κ2) is 5.39. The van der Waals surface area contributed by atoms with Crippen molar-refractivity contribution in [1.29, 1.82) is 0 Å². The number of benzene rings is 1. The van der Waals surface area contributed by atoms with Crippen LogP contribution in [0.2, 0.25) is 0 Å². The number of carbonyl (C=O) groups excluding carboxylic acids is 1. The molecule has 1 saturated carbocycles. The van der Waals surface area contributed by atoms with Crippen molar-refractivity contribution in [2.24, 2.45) is 17.3 Å². The second-order valence-corrected chi connectivity index (χ2v) is 6.01. The molecule has 1 aliphatic carbocycles. The van der Waals surface area contributed by atoms with Crippen LogP contribution in [0.4, 0.5) is 5.69 Å². The van der Waals surface area contributed by atoms with Crippen molar-refractivity contribution in [3.63, 3.8) is 0 Å². The van der Waals surface area contributed by atoms with E-state index >= 15 is 0 Å². The molecule has 0 spiro atoms. The molecule has 1 amide bonds. The highest BCUT2D eigenvalue weighted by molar-refractivity contribution is 6.00. The Bertz CT molecular complexity index is 580. The van der Waals surface area contributed by atoms with Gasteiger partial charge in [0.15, 0.2) is 0 Å². The summed E-state index contributed by atoms with van der Waals surface area (Å²) in [6.07, 6.45) is 0. The predicted molar refractivity (Wildman–Crippen MR) is 79.4 cm³/mol. The summed E-state index contributed by atoms with van der Waals surface area (Å²) < 4.78 is 5.40.